The highest BCUT2D eigenvalue weighted by Crippen LogP contribution is 2.26. The highest BCUT2D eigenvalue weighted by molar-refractivity contribution is 7.98. The molecular weight excluding hydrogens is 200 g/mol. The second-order valence-electron chi connectivity index (χ2n) is 2.10. The van der Waals surface area contributed by atoms with Crippen molar-refractivity contribution in [1.82, 2.24) is 9.78 Å². The quantitative estimate of drug-likeness (QED) is 0.745. The first-order valence-electron chi connectivity index (χ1n) is 3.07. The van der Waals surface area contributed by atoms with E-state index in [9.17, 15) is 4.79 Å². The molecule has 0 saturated heterocycles. The second kappa shape index (κ2) is 3.37. The topological polar surface area (TPSA) is 55.1 Å². The van der Waals surface area contributed by atoms with Gasteiger partial charge in [0.1, 0.15) is 10.0 Å². The van der Waals surface area contributed by atoms with Crippen molar-refractivity contribution in [2.24, 2.45) is 7.05 Å². The lowest BCUT2D eigenvalue weighted by Crippen LogP contribution is -2.05. The van der Waals surface area contributed by atoms with E-state index in [1.54, 1.807) is 13.3 Å². The Morgan fingerprint density at radius 1 is 1.75 bits per heavy atom. The molecule has 0 spiro atoms. The number of aryl methyl sites for hydroxylation is 1. The molecule has 0 atom stereocenters. The number of hydrogen-bond acceptors (Lipinski definition) is 3. The first-order chi connectivity index (χ1) is 5.57. The lowest BCUT2D eigenvalue weighted by Gasteiger charge is -1.92. The zero-order valence-corrected chi connectivity index (χ0v) is 8.11. The van der Waals surface area contributed by atoms with Crippen LogP contribution >= 0.6 is 23.4 Å². The van der Waals surface area contributed by atoms with Gasteiger partial charge in [0.2, 0.25) is 0 Å². The summed E-state index contributed by atoms with van der Waals surface area (Å²) in [5.74, 6) is -1.06. The number of carbonyl (C=O) groups is 1. The predicted octanol–water partition coefficient (Wildman–Crippen LogP) is 1.49. The van der Waals surface area contributed by atoms with E-state index in [-0.39, 0.29) is 10.7 Å². The van der Waals surface area contributed by atoms with Crippen LogP contribution in [0.4, 0.5) is 0 Å². The molecular formula is C6H7ClN2O2S. The van der Waals surface area contributed by atoms with Gasteiger partial charge in [-0.15, -0.1) is 11.8 Å². The summed E-state index contributed by atoms with van der Waals surface area (Å²) in [6.45, 7) is 0. The smallest absolute Gasteiger partial charge is 0.355 e. The van der Waals surface area contributed by atoms with Crippen molar-refractivity contribution >= 4 is 29.3 Å². The molecule has 0 aliphatic heterocycles. The van der Waals surface area contributed by atoms with E-state index in [1.807, 2.05) is 0 Å². The first-order valence-corrected chi connectivity index (χ1v) is 4.68. The standard InChI is InChI=1S/C6H7ClN2O2S/c1-9-4(6(10)11)3(7)5(8-9)12-2/h1-2H3,(H,10,11). The molecule has 12 heavy (non-hydrogen) atoms. The Hall–Kier alpha value is -0.680. The van der Waals surface area contributed by atoms with Gasteiger partial charge in [0, 0.05) is 7.05 Å². The van der Waals surface area contributed by atoms with E-state index in [4.69, 9.17) is 16.7 Å². The molecule has 0 fully saturated rings. The monoisotopic (exact) mass is 206 g/mol. The Morgan fingerprint density at radius 3 is 2.58 bits per heavy atom. The van der Waals surface area contributed by atoms with E-state index in [2.05, 4.69) is 5.10 Å². The van der Waals surface area contributed by atoms with Crippen molar-refractivity contribution in [3.63, 3.8) is 0 Å². The van der Waals surface area contributed by atoms with E-state index in [1.165, 1.54) is 16.4 Å². The van der Waals surface area contributed by atoms with Crippen LogP contribution in [0.1, 0.15) is 10.5 Å². The van der Waals surface area contributed by atoms with Crippen LogP contribution in [-0.4, -0.2) is 27.1 Å². The van der Waals surface area contributed by atoms with Crippen molar-refractivity contribution in [1.29, 1.82) is 0 Å². The van der Waals surface area contributed by atoms with Gasteiger partial charge in [0.05, 0.1) is 0 Å². The molecule has 0 unspecified atom stereocenters. The molecule has 0 aromatic carbocycles. The minimum atomic E-state index is -1.06. The molecule has 0 bridgehead atoms. The van der Waals surface area contributed by atoms with Gasteiger partial charge in [-0.05, 0) is 6.26 Å². The third-order valence-electron chi connectivity index (χ3n) is 1.36. The normalized spacial score (nSPS) is 10.2. The molecule has 1 aromatic rings. The Balaban J connectivity index is 3.28. The Kier molecular flexibility index (Phi) is 2.64. The zero-order chi connectivity index (χ0) is 9.30. The highest BCUT2D eigenvalue weighted by atomic mass is 35.5. The van der Waals surface area contributed by atoms with Gasteiger partial charge in [-0.2, -0.15) is 5.10 Å². The maximum absolute atomic E-state index is 10.6. The van der Waals surface area contributed by atoms with Crippen molar-refractivity contribution in [2.75, 3.05) is 6.26 Å². The van der Waals surface area contributed by atoms with E-state index in [0.717, 1.165) is 0 Å². The van der Waals surface area contributed by atoms with Crippen LogP contribution in [0.3, 0.4) is 0 Å². The van der Waals surface area contributed by atoms with Gasteiger partial charge in [-0.1, -0.05) is 11.6 Å². The van der Waals surface area contributed by atoms with E-state index >= 15 is 0 Å². The summed E-state index contributed by atoms with van der Waals surface area (Å²) >= 11 is 7.06. The van der Waals surface area contributed by atoms with Gasteiger partial charge >= 0.3 is 5.97 Å². The number of rotatable bonds is 2. The average Bonchev–Trinajstić information content (AvgIpc) is 2.25. The summed E-state index contributed by atoms with van der Waals surface area (Å²) in [5, 5.41) is 13.4. The van der Waals surface area contributed by atoms with Crippen LogP contribution in [0, 0.1) is 0 Å². The van der Waals surface area contributed by atoms with Crippen molar-refractivity contribution in [3.05, 3.63) is 10.7 Å². The molecule has 6 heteroatoms. The lowest BCUT2D eigenvalue weighted by atomic mass is 10.4. The Bertz CT molecular complexity index is 324. The van der Waals surface area contributed by atoms with Crippen LogP contribution in [0.2, 0.25) is 5.02 Å². The number of carboxylic acid groups (broad SMARTS) is 1. The second-order valence-corrected chi connectivity index (χ2v) is 3.27. The van der Waals surface area contributed by atoms with Crippen molar-refractivity contribution in [2.45, 2.75) is 5.03 Å². The third-order valence-corrected chi connectivity index (χ3v) is 2.50. The molecule has 1 N–H and O–H groups in total. The van der Waals surface area contributed by atoms with Crippen LogP contribution in [-0.2, 0) is 7.05 Å². The van der Waals surface area contributed by atoms with Gasteiger partial charge in [0.15, 0.2) is 5.69 Å². The molecule has 4 nitrogen and oxygen atoms in total. The third kappa shape index (κ3) is 1.42. The molecule has 0 amide bonds. The number of thioether (sulfide) groups is 1. The van der Waals surface area contributed by atoms with E-state index in [0.29, 0.717) is 5.03 Å². The lowest BCUT2D eigenvalue weighted by molar-refractivity contribution is 0.0685. The fourth-order valence-electron chi connectivity index (χ4n) is 0.836. The highest BCUT2D eigenvalue weighted by Gasteiger charge is 2.18. The van der Waals surface area contributed by atoms with Crippen LogP contribution in [0.5, 0.6) is 0 Å². The largest absolute Gasteiger partial charge is 0.476 e. The molecule has 0 radical (unpaired) electrons. The molecule has 66 valence electrons. The SMILES string of the molecule is CSc1nn(C)c(C(=O)O)c1Cl. The summed E-state index contributed by atoms with van der Waals surface area (Å²) in [5.41, 5.74) is 0.0287. The predicted molar refractivity (Wildman–Crippen MR) is 47.0 cm³/mol. The average molecular weight is 207 g/mol. The number of aromatic carboxylic acids is 1. The minimum absolute atomic E-state index is 0.0287. The molecule has 0 aliphatic rings. The van der Waals surface area contributed by atoms with Crippen molar-refractivity contribution in [3.8, 4) is 0 Å². The Labute approximate surface area is 78.5 Å². The summed E-state index contributed by atoms with van der Waals surface area (Å²) in [4.78, 5) is 10.6. The molecule has 1 aromatic heterocycles. The van der Waals surface area contributed by atoms with Crippen molar-refractivity contribution < 1.29 is 9.90 Å². The number of hydrogen-bond donors (Lipinski definition) is 1. The number of halogens is 1. The fraction of sp³-hybridized carbons (Fsp3) is 0.333. The number of carboxylic acids is 1. The van der Waals surface area contributed by atoms with Crippen LogP contribution < -0.4 is 0 Å². The summed E-state index contributed by atoms with van der Waals surface area (Å²) in [7, 11) is 1.55. The van der Waals surface area contributed by atoms with Gasteiger partial charge in [-0.3, -0.25) is 4.68 Å². The van der Waals surface area contributed by atoms with Gasteiger partial charge < -0.3 is 5.11 Å². The van der Waals surface area contributed by atoms with Gasteiger partial charge in [-0.25, -0.2) is 4.79 Å². The maximum Gasteiger partial charge on any atom is 0.355 e. The molecule has 1 rings (SSSR count). The van der Waals surface area contributed by atoms with Crippen LogP contribution in [0.25, 0.3) is 0 Å². The van der Waals surface area contributed by atoms with Gasteiger partial charge in [0.25, 0.3) is 0 Å². The maximum atomic E-state index is 10.6. The zero-order valence-electron chi connectivity index (χ0n) is 6.54. The molecule has 1 heterocycles. The van der Waals surface area contributed by atoms with Crippen LogP contribution in [0.15, 0.2) is 5.03 Å². The summed E-state index contributed by atoms with van der Waals surface area (Å²) in [6, 6.07) is 0. The minimum Gasteiger partial charge on any atom is -0.476 e. The summed E-state index contributed by atoms with van der Waals surface area (Å²) in [6.07, 6.45) is 1.79. The van der Waals surface area contributed by atoms with E-state index < -0.39 is 5.97 Å². The number of nitrogens with zero attached hydrogens (tertiary/aromatic N) is 2. The Morgan fingerprint density at radius 2 is 2.33 bits per heavy atom. The number of aromatic nitrogens is 2. The first kappa shape index (κ1) is 9.41. The molecule has 0 aliphatic carbocycles. The molecule has 0 saturated carbocycles. The fourth-order valence-corrected chi connectivity index (χ4v) is 1.79. The summed E-state index contributed by atoms with van der Waals surface area (Å²) < 4.78 is 1.26.